The van der Waals surface area contributed by atoms with Gasteiger partial charge in [-0.15, -0.1) is 0 Å². The first-order chi connectivity index (χ1) is 15.1. The fraction of sp³-hybridized carbons (Fsp3) is 0.200. The zero-order valence-electron chi connectivity index (χ0n) is 17.9. The predicted molar refractivity (Wildman–Crippen MR) is 126 cm³/mol. The third-order valence-corrected chi connectivity index (χ3v) is 4.77. The number of benzene rings is 3. The molecule has 1 amide bonds. The summed E-state index contributed by atoms with van der Waals surface area (Å²) in [5, 5.41) is 3.09. The first-order valence-electron chi connectivity index (χ1n) is 10.4. The minimum Gasteiger partial charge on any atom is -0.457 e. The van der Waals surface area contributed by atoms with Crippen LogP contribution >= 0.6 is 0 Å². The van der Waals surface area contributed by atoms with Gasteiger partial charge in [-0.1, -0.05) is 36.4 Å². The lowest BCUT2D eigenvalue weighted by atomic mass is 10.1. The molecule has 0 radical (unpaired) electrons. The molecule has 0 aliphatic rings. The molecule has 0 spiro atoms. The molecule has 160 valence electrons. The topological polar surface area (TPSA) is 80.0 Å². The molecule has 31 heavy (non-hydrogen) atoms. The van der Waals surface area contributed by atoms with Crippen LogP contribution in [0.2, 0.25) is 0 Å². The smallest absolute Gasteiger partial charge is 0.253 e. The van der Waals surface area contributed by atoms with Crippen molar-refractivity contribution < 1.29 is 9.53 Å². The number of guanidine groups is 1. The van der Waals surface area contributed by atoms with E-state index >= 15 is 0 Å². The molecule has 3 rings (SSSR count). The molecular formula is C25H28N4O2. The van der Waals surface area contributed by atoms with Gasteiger partial charge in [0, 0.05) is 30.4 Å². The Balaban J connectivity index is 1.58. The number of nitrogens with two attached hydrogens (primary N) is 1. The number of para-hydroxylation sites is 1. The van der Waals surface area contributed by atoms with Crippen LogP contribution in [-0.2, 0) is 6.54 Å². The molecule has 3 aromatic rings. The lowest BCUT2D eigenvalue weighted by molar-refractivity contribution is 0.0773. The van der Waals surface area contributed by atoms with E-state index in [1.807, 2.05) is 92.7 Å². The van der Waals surface area contributed by atoms with Gasteiger partial charge in [0.05, 0.1) is 6.54 Å². The Morgan fingerprint density at radius 1 is 0.935 bits per heavy atom. The van der Waals surface area contributed by atoms with Crippen molar-refractivity contribution in [2.45, 2.75) is 20.4 Å². The van der Waals surface area contributed by atoms with Crippen molar-refractivity contribution in [3.63, 3.8) is 0 Å². The number of anilines is 1. The number of hydrogen-bond donors (Lipinski definition) is 2. The molecule has 0 heterocycles. The van der Waals surface area contributed by atoms with E-state index in [0.717, 1.165) is 17.0 Å². The lowest BCUT2D eigenvalue weighted by Gasteiger charge is -2.18. The molecule has 0 atom stereocenters. The second-order valence-electron chi connectivity index (χ2n) is 6.94. The number of carbonyl (C=O) groups excluding carboxylic acids is 1. The quantitative estimate of drug-likeness (QED) is 0.405. The highest BCUT2D eigenvalue weighted by atomic mass is 16.5. The molecule has 0 aliphatic carbocycles. The van der Waals surface area contributed by atoms with Crippen LogP contribution in [0, 0.1) is 0 Å². The summed E-state index contributed by atoms with van der Waals surface area (Å²) in [5.41, 5.74) is 8.49. The van der Waals surface area contributed by atoms with Crippen molar-refractivity contribution in [3.05, 3.63) is 90.0 Å². The average Bonchev–Trinajstić information content (AvgIpc) is 2.80. The van der Waals surface area contributed by atoms with Crippen molar-refractivity contribution in [2.24, 2.45) is 10.7 Å². The van der Waals surface area contributed by atoms with Gasteiger partial charge in [0.15, 0.2) is 5.96 Å². The Hall–Kier alpha value is -3.80. The molecular weight excluding hydrogens is 388 g/mol. The Labute approximate surface area is 183 Å². The van der Waals surface area contributed by atoms with Crippen LogP contribution in [0.5, 0.6) is 11.5 Å². The van der Waals surface area contributed by atoms with E-state index in [1.54, 1.807) is 4.90 Å². The average molecular weight is 417 g/mol. The number of aliphatic imine (C=N–C) groups is 1. The van der Waals surface area contributed by atoms with Crippen LogP contribution in [0.15, 0.2) is 83.9 Å². The lowest BCUT2D eigenvalue weighted by Crippen LogP contribution is -2.30. The molecule has 0 saturated carbocycles. The van der Waals surface area contributed by atoms with Crippen molar-refractivity contribution in [1.82, 2.24) is 4.90 Å². The number of carbonyl (C=O) groups is 1. The highest BCUT2D eigenvalue weighted by Crippen LogP contribution is 2.23. The van der Waals surface area contributed by atoms with Crippen LogP contribution in [-0.4, -0.2) is 29.9 Å². The molecule has 0 unspecified atom stereocenters. The zero-order chi connectivity index (χ0) is 22.1. The van der Waals surface area contributed by atoms with E-state index in [2.05, 4.69) is 10.3 Å². The van der Waals surface area contributed by atoms with Gasteiger partial charge in [0.25, 0.3) is 5.91 Å². The first kappa shape index (κ1) is 21.9. The highest BCUT2D eigenvalue weighted by Gasteiger charge is 2.11. The summed E-state index contributed by atoms with van der Waals surface area (Å²) in [5.74, 6) is 1.82. The van der Waals surface area contributed by atoms with Crippen LogP contribution < -0.4 is 15.8 Å². The molecule has 0 bridgehead atoms. The summed E-state index contributed by atoms with van der Waals surface area (Å²) < 4.78 is 5.84. The third kappa shape index (κ3) is 6.34. The molecule has 0 fully saturated rings. The van der Waals surface area contributed by atoms with Crippen LogP contribution in [0.4, 0.5) is 5.69 Å². The van der Waals surface area contributed by atoms with Crippen molar-refractivity contribution >= 4 is 17.6 Å². The van der Waals surface area contributed by atoms with Gasteiger partial charge >= 0.3 is 0 Å². The summed E-state index contributed by atoms with van der Waals surface area (Å²) >= 11 is 0. The van der Waals surface area contributed by atoms with E-state index in [9.17, 15) is 4.79 Å². The molecule has 0 saturated heterocycles. The number of nitrogens with one attached hydrogen (secondary N) is 1. The van der Waals surface area contributed by atoms with Gasteiger partial charge in [0.1, 0.15) is 11.5 Å². The normalized spacial score (nSPS) is 11.1. The predicted octanol–water partition coefficient (Wildman–Crippen LogP) is 4.89. The summed E-state index contributed by atoms with van der Waals surface area (Å²) in [6.45, 7) is 5.76. The number of amides is 1. The van der Waals surface area contributed by atoms with Crippen LogP contribution in [0.3, 0.4) is 0 Å². The van der Waals surface area contributed by atoms with Gasteiger partial charge in [-0.25, -0.2) is 4.99 Å². The monoisotopic (exact) mass is 416 g/mol. The van der Waals surface area contributed by atoms with Crippen LogP contribution in [0.1, 0.15) is 29.8 Å². The van der Waals surface area contributed by atoms with Gasteiger partial charge in [0.2, 0.25) is 0 Å². The van der Waals surface area contributed by atoms with Gasteiger partial charge in [-0.3, -0.25) is 4.79 Å². The Bertz CT molecular complexity index is 1010. The van der Waals surface area contributed by atoms with Gasteiger partial charge in [-0.05, 0) is 55.8 Å². The summed E-state index contributed by atoms with van der Waals surface area (Å²) in [6, 6.07) is 24.6. The van der Waals surface area contributed by atoms with E-state index in [-0.39, 0.29) is 5.91 Å². The van der Waals surface area contributed by atoms with Gasteiger partial charge in [-0.2, -0.15) is 0 Å². The van der Waals surface area contributed by atoms with Crippen molar-refractivity contribution in [2.75, 3.05) is 18.4 Å². The highest BCUT2D eigenvalue weighted by molar-refractivity contribution is 5.94. The summed E-state index contributed by atoms with van der Waals surface area (Å²) in [4.78, 5) is 18.6. The zero-order valence-corrected chi connectivity index (χ0v) is 17.9. The Morgan fingerprint density at radius 2 is 1.61 bits per heavy atom. The molecule has 6 nitrogen and oxygen atoms in total. The summed E-state index contributed by atoms with van der Waals surface area (Å²) in [7, 11) is 0. The minimum absolute atomic E-state index is 0.0406. The van der Waals surface area contributed by atoms with Crippen molar-refractivity contribution in [3.8, 4) is 11.5 Å². The van der Waals surface area contributed by atoms with E-state index < -0.39 is 0 Å². The second-order valence-corrected chi connectivity index (χ2v) is 6.94. The minimum atomic E-state index is 0.0406. The molecule has 3 N–H and O–H groups in total. The Kier molecular flexibility index (Phi) is 7.65. The van der Waals surface area contributed by atoms with E-state index in [0.29, 0.717) is 36.9 Å². The third-order valence-electron chi connectivity index (χ3n) is 4.77. The number of rotatable bonds is 8. The van der Waals surface area contributed by atoms with E-state index in [1.165, 1.54) is 0 Å². The maximum Gasteiger partial charge on any atom is 0.253 e. The maximum absolute atomic E-state index is 12.4. The molecule has 6 heteroatoms. The number of nitrogens with zero attached hydrogens (tertiary/aromatic N) is 2. The van der Waals surface area contributed by atoms with Crippen molar-refractivity contribution in [1.29, 1.82) is 0 Å². The standard InChI is InChI=1S/C25H28N4O2/c1-3-29(4-2)24(30)20-15-13-19(14-16-20)18-27-25(26)28-21-9-8-12-23(17-21)31-22-10-6-5-7-11-22/h5-17H,3-4,18H2,1-2H3,(H3,26,27,28). The van der Waals surface area contributed by atoms with Crippen LogP contribution in [0.25, 0.3) is 0 Å². The first-order valence-corrected chi connectivity index (χ1v) is 10.4. The maximum atomic E-state index is 12.4. The molecule has 0 aliphatic heterocycles. The molecule has 0 aromatic heterocycles. The summed E-state index contributed by atoms with van der Waals surface area (Å²) in [6.07, 6.45) is 0. The number of hydrogen-bond acceptors (Lipinski definition) is 3. The van der Waals surface area contributed by atoms with E-state index in [4.69, 9.17) is 10.5 Å². The fourth-order valence-electron chi connectivity index (χ4n) is 3.07. The fourth-order valence-corrected chi connectivity index (χ4v) is 3.07. The SMILES string of the molecule is CCN(CC)C(=O)c1ccc(CN=C(N)Nc2cccc(Oc3ccccc3)c2)cc1. The number of ether oxygens (including phenoxy) is 1. The van der Waals surface area contributed by atoms with Gasteiger partial charge < -0.3 is 20.7 Å². The second kappa shape index (κ2) is 10.8. The largest absolute Gasteiger partial charge is 0.457 e. The molecule has 3 aromatic carbocycles. The Morgan fingerprint density at radius 3 is 2.29 bits per heavy atom.